The SMILES string of the molecule is CNON=C(c1cccc(C(F)(F)F)c1)c1ccccc1/C(=C\OC)C(=O)OC. The second kappa shape index (κ2) is 9.74. The maximum absolute atomic E-state index is 13.2. The second-order valence-electron chi connectivity index (χ2n) is 5.62. The summed E-state index contributed by atoms with van der Waals surface area (Å²) < 4.78 is 49.3. The number of ether oxygens (including phenoxy) is 2. The quantitative estimate of drug-likeness (QED) is 0.248. The molecule has 0 bridgehead atoms. The van der Waals surface area contributed by atoms with Crippen molar-refractivity contribution in [2.45, 2.75) is 6.18 Å². The van der Waals surface area contributed by atoms with Crippen molar-refractivity contribution in [1.82, 2.24) is 5.48 Å². The third-order valence-corrected chi connectivity index (χ3v) is 3.80. The zero-order chi connectivity index (χ0) is 21.4. The summed E-state index contributed by atoms with van der Waals surface area (Å²) in [5.41, 5.74) is 2.48. The van der Waals surface area contributed by atoms with Crippen molar-refractivity contribution in [2.24, 2.45) is 5.16 Å². The second-order valence-corrected chi connectivity index (χ2v) is 5.62. The first-order valence-corrected chi connectivity index (χ1v) is 8.33. The van der Waals surface area contributed by atoms with Gasteiger partial charge in [0.1, 0.15) is 11.3 Å². The summed E-state index contributed by atoms with van der Waals surface area (Å²) in [6, 6.07) is 11.1. The lowest BCUT2D eigenvalue weighted by Gasteiger charge is -2.15. The molecule has 0 heterocycles. The van der Waals surface area contributed by atoms with Crippen molar-refractivity contribution in [3.63, 3.8) is 0 Å². The molecule has 9 heteroatoms. The Hall–Kier alpha value is -3.33. The van der Waals surface area contributed by atoms with E-state index in [1.807, 2.05) is 0 Å². The van der Waals surface area contributed by atoms with Crippen molar-refractivity contribution < 1.29 is 32.4 Å². The Bertz CT molecular complexity index is 924. The van der Waals surface area contributed by atoms with E-state index in [9.17, 15) is 18.0 Å². The fourth-order valence-electron chi connectivity index (χ4n) is 2.57. The molecule has 0 radical (unpaired) electrons. The van der Waals surface area contributed by atoms with Gasteiger partial charge in [-0.05, 0) is 12.1 Å². The van der Waals surface area contributed by atoms with Crippen molar-refractivity contribution in [1.29, 1.82) is 0 Å². The normalized spacial score (nSPS) is 12.5. The number of rotatable bonds is 7. The van der Waals surface area contributed by atoms with Gasteiger partial charge in [0.25, 0.3) is 0 Å². The van der Waals surface area contributed by atoms with Crippen LogP contribution in [0.15, 0.2) is 59.9 Å². The minimum atomic E-state index is -4.53. The highest BCUT2D eigenvalue weighted by Crippen LogP contribution is 2.31. The molecule has 0 spiro atoms. The first-order valence-electron chi connectivity index (χ1n) is 8.33. The van der Waals surface area contributed by atoms with Gasteiger partial charge >= 0.3 is 12.1 Å². The molecule has 29 heavy (non-hydrogen) atoms. The fraction of sp³-hybridized carbons (Fsp3) is 0.200. The molecule has 0 unspecified atom stereocenters. The van der Waals surface area contributed by atoms with Crippen molar-refractivity contribution >= 4 is 17.3 Å². The van der Waals surface area contributed by atoms with Gasteiger partial charge in [0.2, 0.25) is 0 Å². The summed E-state index contributed by atoms with van der Waals surface area (Å²) in [7, 11) is 4.02. The number of nitrogens with one attached hydrogen (secondary N) is 1. The van der Waals surface area contributed by atoms with E-state index < -0.39 is 17.7 Å². The van der Waals surface area contributed by atoms with Gasteiger partial charge in [-0.1, -0.05) is 41.6 Å². The fourth-order valence-corrected chi connectivity index (χ4v) is 2.57. The minimum absolute atomic E-state index is 0.0646. The highest BCUT2D eigenvalue weighted by Gasteiger charge is 2.31. The maximum atomic E-state index is 13.2. The molecular weight excluding hydrogens is 389 g/mol. The molecule has 0 saturated carbocycles. The molecule has 0 fully saturated rings. The highest BCUT2D eigenvalue weighted by molar-refractivity contribution is 6.22. The predicted molar refractivity (Wildman–Crippen MR) is 101 cm³/mol. The number of hydrogen-bond donors (Lipinski definition) is 1. The number of oxime groups is 1. The molecule has 2 rings (SSSR count). The zero-order valence-electron chi connectivity index (χ0n) is 15.9. The molecule has 0 aromatic heterocycles. The average molecular weight is 408 g/mol. The third-order valence-electron chi connectivity index (χ3n) is 3.80. The standard InChI is InChI=1S/C20H19F3N2O4/c1-24-29-25-18(13-7-6-8-14(11-13)20(21,22)23)16-10-5-4-9-15(16)17(12-27-2)19(26)28-3/h4-12,24H,1-3H3/b17-12+,25-18?. The molecule has 0 aliphatic rings. The van der Waals surface area contributed by atoms with Crippen LogP contribution in [0.4, 0.5) is 13.2 Å². The Kier molecular flexibility index (Phi) is 7.38. The van der Waals surface area contributed by atoms with Crippen molar-refractivity contribution in [2.75, 3.05) is 21.3 Å². The van der Waals surface area contributed by atoms with Crippen LogP contribution < -0.4 is 5.48 Å². The van der Waals surface area contributed by atoms with Gasteiger partial charge in [-0.2, -0.15) is 13.2 Å². The Morgan fingerprint density at radius 3 is 2.34 bits per heavy atom. The van der Waals surface area contributed by atoms with Gasteiger partial charge in [-0.15, -0.1) is 5.48 Å². The molecule has 1 N–H and O–H groups in total. The lowest BCUT2D eigenvalue weighted by atomic mass is 9.93. The summed E-state index contributed by atoms with van der Waals surface area (Å²) in [4.78, 5) is 17.1. The van der Waals surface area contributed by atoms with E-state index in [0.717, 1.165) is 12.1 Å². The smallest absolute Gasteiger partial charge is 0.416 e. The summed E-state index contributed by atoms with van der Waals surface area (Å²) >= 11 is 0. The van der Waals surface area contributed by atoms with Gasteiger partial charge in [0.15, 0.2) is 0 Å². The lowest BCUT2D eigenvalue weighted by molar-refractivity contribution is -0.137. The van der Waals surface area contributed by atoms with Crippen LogP contribution in [0.2, 0.25) is 0 Å². The van der Waals surface area contributed by atoms with Crippen LogP contribution in [0.5, 0.6) is 0 Å². The highest BCUT2D eigenvalue weighted by atomic mass is 19.4. The molecule has 154 valence electrons. The molecule has 2 aromatic rings. The summed E-state index contributed by atoms with van der Waals surface area (Å²) in [6.45, 7) is 0. The van der Waals surface area contributed by atoms with E-state index in [1.54, 1.807) is 24.3 Å². The van der Waals surface area contributed by atoms with Gasteiger partial charge in [-0.25, -0.2) is 4.79 Å². The van der Waals surface area contributed by atoms with Crippen LogP contribution in [0.25, 0.3) is 5.57 Å². The predicted octanol–water partition coefficient (Wildman–Crippen LogP) is 3.77. The Morgan fingerprint density at radius 2 is 1.76 bits per heavy atom. The van der Waals surface area contributed by atoms with Gasteiger partial charge in [0, 0.05) is 23.7 Å². The largest absolute Gasteiger partial charge is 0.503 e. The van der Waals surface area contributed by atoms with Crippen LogP contribution in [-0.4, -0.2) is 32.9 Å². The van der Waals surface area contributed by atoms with Crippen LogP contribution in [-0.2, 0) is 25.4 Å². The van der Waals surface area contributed by atoms with Crippen LogP contribution in [0, 0.1) is 0 Å². The number of carbonyl (C=O) groups excluding carboxylic acids is 1. The molecule has 0 saturated heterocycles. The van der Waals surface area contributed by atoms with Crippen molar-refractivity contribution in [3.8, 4) is 0 Å². The number of carbonyl (C=O) groups is 1. The minimum Gasteiger partial charge on any atom is -0.503 e. The van der Waals surface area contributed by atoms with Gasteiger partial charge in [-0.3, -0.25) is 4.94 Å². The van der Waals surface area contributed by atoms with Crippen LogP contribution >= 0.6 is 0 Å². The van der Waals surface area contributed by atoms with Gasteiger partial charge in [0.05, 0.1) is 26.0 Å². The van der Waals surface area contributed by atoms with Crippen molar-refractivity contribution in [3.05, 3.63) is 77.0 Å². The summed E-state index contributed by atoms with van der Waals surface area (Å²) in [5, 5.41) is 3.91. The molecule has 6 nitrogen and oxygen atoms in total. The number of benzene rings is 2. The van der Waals surface area contributed by atoms with Crippen LogP contribution in [0.3, 0.4) is 0 Å². The number of halogens is 3. The molecule has 0 amide bonds. The van der Waals surface area contributed by atoms with E-state index in [0.29, 0.717) is 11.1 Å². The third kappa shape index (κ3) is 5.35. The Morgan fingerprint density at radius 1 is 1.07 bits per heavy atom. The molecule has 0 aliphatic heterocycles. The zero-order valence-corrected chi connectivity index (χ0v) is 15.9. The molecular formula is C20H19F3N2O4. The molecule has 2 aromatic carbocycles. The summed E-state index contributed by atoms with van der Waals surface area (Å²) in [6.07, 6.45) is -3.34. The first kappa shape index (κ1) is 22.0. The number of hydrogen-bond acceptors (Lipinski definition) is 6. The monoisotopic (exact) mass is 408 g/mol. The average Bonchev–Trinajstić information content (AvgIpc) is 2.72. The number of esters is 1. The van der Waals surface area contributed by atoms with E-state index in [1.165, 1.54) is 39.7 Å². The number of nitrogens with zero attached hydrogens (tertiary/aromatic N) is 1. The molecule has 0 aliphatic carbocycles. The number of alkyl halides is 3. The van der Waals surface area contributed by atoms with E-state index in [-0.39, 0.29) is 16.8 Å². The number of methoxy groups -OCH3 is 2. The van der Waals surface area contributed by atoms with E-state index >= 15 is 0 Å². The topological polar surface area (TPSA) is 69.1 Å². The Labute approximate surface area is 165 Å². The number of hydroxylamine groups is 1. The van der Waals surface area contributed by atoms with Gasteiger partial charge < -0.3 is 9.47 Å². The van der Waals surface area contributed by atoms with E-state index in [2.05, 4.69) is 10.6 Å². The molecule has 0 atom stereocenters. The summed E-state index contributed by atoms with van der Waals surface area (Å²) in [5.74, 6) is -0.683. The van der Waals surface area contributed by atoms with E-state index in [4.69, 9.17) is 14.4 Å². The Balaban J connectivity index is 2.71. The first-order chi connectivity index (χ1) is 13.8. The van der Waals surface area contributed by atoms with Crippen LogP contribution in [0.1, 0.15) is 22.3 Å². The lowest BCUT2D eigenvalue weighted by Crippen LogP contribution is -2.15. The maximum Gasteiger partial charge on any atom is 0.416 e.